The number of rotatable bonds is 4. The molecule has 1 N–H and O–H groups in total. The summed E-state index contributed by atoms with van der Waals surface area (Å²) in [6.45, 7) is 0. The van der Waals surface area contributed by atoms with Crippen LogP contribution in [-0.2, 0) is 6.18 Å². The van der Waals surface area contributed by atoms with Crippen molar-refractivity contribution in [3.63, 3.8) is 0 Å². The molecule has 0 radical (unpaired) electrons. The largest absolute Gasteiger partial charge is 0.495 e. The fourth-order valence-corrected chi connectivity index (χ4v) is 3.12. The van der Waals surface area contributed by atoms with Crippen LogP contribution < -0.4 is 10.1 Å². The lowest BCUT2D eigenvalue weighted by Gasteiger charge is -2.10. The number of benzene rings is 2. The first-order valence-corrected chi connectivity index (χ1v) is 9.29. The number of nitrogens with zero attached hydrogens (tertiary/aromatic N) is 4. The number of anilines is 1. The van der Waals surface area contributed by atoms with E-state index in [0.717, 1.165) is 18.2 Å². The number of aromatic nitrogens is 4. The molecule has 0 saturated heterocycles. The standard InChI is InChI=1S/C20H12ClF4N5O2/c1-32-15-7-6-12(8-13(15)21)26-18(31)17-28-19-27-14(10-2-4-11(22)5-3-10)9-16(20(23,24)25)30(19)29-17/h2-9H,1H3,(H,26,31). The monoisotopic (exact) mass is 465 g/mol. The highest BCUT2D eigenvalue weighted by Crippen LogP contribution is 2.32. The molecular formula is C20H12ClF4N5O2. The number of methoxy groups -OCH3 is 1. The zero-order chi connectivity index (χ0) is 23.0. The molecule has 1 amide bonds. The summed E-state index contributed by atoms with van der Waals surface area (Å²) in [6.07, 6.45) is -4.82. The summed E-state index contributed by atoms with van der Waals surface area (Å²) >= 11 is 6.01. The molecule has 0 fully saturated rings. The van der Waals surface area contributed by atoms with Gasteiger partial charge >= 0.3 is 6.18 Å². The molecule has 0 aliphatic heterocycles. The quantitative estimate of drug-likeness (QED) is 0.435. The Morgan fingerprint density at radius 3 is 2.44 bits per heavy atom. The number of carbonyl (C=O) groups is 1. The summed E-state index contributed by atoms with van der Waals surface area (Å²) in [5.41, 5.74) is -0.802. The maximum absolute atomic E-state index is 13.6. The van der Waals surface area contributed by atoms with Gasteiger partial charge in [-0.25, -0.2) is 9.37 Å². The fraction of sp³-hybridized carbons (Fsp3) is 0.100. The molecule has 4 rings (SSSR count). The van der Waals surface area contributed by atoms with Gasteiger partial charge in [0.05, 0.1) is 17.8 Å². The summed E-state index contributed by atoms with van der Waals surface area (Å²) in [6, 6.07) is 9.91. The van der Waals surface area contributed by atoms with Gasteiger partial charge in [-0.3, -0.25) is 4.79 Å². The summed E-state index contributed by atoms with van der Waals surface area (Å²) in [5, 5.41) is 6.35. The summed E-state index contributed by atoms with van der Waals surface area (Å²) in [5.74, 6) is -2.02. The van der Waals surface area contributed by atoms with Crippen molar-refractivity contribution in [3.05, 3.63) is 70.9 Å². The van der Waals surface area contributed by atoms with Crippen LogP contribution in [0.5, 0.6) is 5.75 Å². The SMILES string of the molecule is COc1ccc(NC(=O)c2nc3nc(-c4ccc(F)cc4)cc(C(F)(F)F)n3n2)cc1Cl. The van der Waals surface area contributed by atoms with E-state index in [4.69, 9.17) is 16.3 Å². The van der Waals surface area contributed by atoms with Gasteiger partial charge in [-0.2, -0.15) is 22.7 Å². The Morgan fingerprint density at radius 2 is 1.81 bits per heavy atom. The lowest BCUT2D eigenvalue weighted by molar-refractivity contribution is -0.142. The highest BCUT2D eigenvalue weighted by molar-refractivity contribution is 6.32. The molecule has 164 valence electrons. The van der Waals surface area contributed by atoms with E-state index in [9.17, 15) is 22.4 Å². The molecule has 2 aromatic heterocycles. The van der Waals surface area contributed by atoms with Gasteiger partial charge in [0, 0.05) is 11.3 Å². The molecule has 4 aromatic rings. The second-order valence-corrected chi connectivity index (χ2v) is 6.89. The molecule has 0 atom stereocenters. The van der Waals surface area contributed by atoms with E-state index in [0.29, 0.717) is 10.3 Å². The van der Waals surface area contributed by atoms with Crippen LogP contribution in [0, 0.1) is 5.82 Å². The van der Waals surface area contributed by atoms with Gasteiger partial charge < -0.3 is 10.1 Å². The predicted octanol–water partition coefficient (Wildman–Crippen LogP) is 4.86. The predicted molar refractivity (Wildman–Crippen MR) is 107 cm³/mol. The van der Waals surface area contributed by atoms with E-state index in [2.05, 4.69) is 20.4 Å². The molecule has 32 heavy (non-hydrogen) atoms. The number of fused-ring (bicyclic) bond motifs is 1. The van der Waals surface area contributed by atoms with E-state index >= 15 is 0 Å². The Labute approximate surface area is 182 Å². The minimum absolute atomic E-state index is 0.105. The van der Waals surface area contributed by atoms with Crippen molar-refractivity contribution in [3.8, 4) is 17.0 Å². The molecule has 0 saturated carbocycles. The fourth-order valence-electron chi connectivity index (χ4n) is 2.87. The minimum Gasteiger partial charge on any atom is -0.495 e. The molecular weight excluding hydrogens is 454 g/mol. The second-order valence-electron chi connectivity index (χ2n) is 6.48. The third-order valence-corrected chi connectivity index (χ3v) is 4.65. The lowest BCUT2D eigenvalue weighted by atomic mass is 10.1. The summed E-state index contributed by atoms with van der Waals surface area (Å²) < 4.78 is 59.6. The third kappa shape index (κ3) is 4.19. The Bertz CT molecular complexity index is 1320. The molecule has 0 unspecified atom stereocenters. The number of nitrogens with one attached hydrogen (secondary N) is 1. The van der Waals surface area contributed by atoms with E-state index in [1.165, 1.54) is 37.4 Å². The third-order valence-electron chi connectivity index (χ3n) is 4.36. The molecule has 0 spiro atoms. The molecule has 12 heteroatoms. The Kier molecular flexibility index (Phi) is 5.43. The summed E-state index contributed by atoms with van der Waals surface area (Å²) in [4.78, 5) is 20.4. The molecule has 7 nitrogen and oxygen atoms in total. The van der Waals surface area contributed by atoms with Crippen LogP contribution in [0.2, 0.25) is 5.02 Å². The minimum atomic E-state index is -4.82. The molecule has 0 aliphatic carbocycles. The zero-order valence-corrected chi connectivity index (χ0v) is 16.9. The van der Waals surface area contributed by atoms with Crippen molar-refractivity contribution < 1.29 is 27.1 Å². The van der Waals surface area contributed by atoms with Crippen LogP contribution in [0.25, 0.3) is 17.0 Å². The van der Waals surface area contributed by atoms with Crippen LogP contribution in [0.3, 0.4) is 0 Å². The lowest BCUT2D eigenvalue weighted by Crippen LogP contribution is -2.16. The summed E-state index contributed by atoms with van der Waals surface area (Å²) in [7, 11) is 1.42. The first-order chi connectivity index (χ1) is 15.2. The topological polar surface area (TPSA) is 81.4 Å². The number of amides is 1. The Morgan fingerprint density at radius 1 is 1.09 bits per heavy atom. The van der Waals surface area contributed by atoms with E-state index in [-0.39, 0.29) is 22.0 Å². The maximum Gasteiger partial charge on any atom is 0.433 e. The van der Waals surface area contributed by atoms with Gasteiger partial charge in [-0.1, -0.05) is 11.6 Å². The smallest absolute Gasteiger partial charge is 0.433 e. The van der Waals surface area contributed by atoms with E-state index < -0.39 is 35.2 Å². The first-order valence-electron chi connectivity index (χ1n) is 8.91. The number of alkyl halides is 3. The van der Waals surface area contributed by atoms with Crippen LogP contribution in [-0.4, -0.2) is 32.6 Å². The van der Waals surface area contributed by atoms with Crippen molar-refractivity contribution in [1.82, 2.24) is 19.6 Å². The zero-order valence-electron chi connectivity index (χ0n) is 16.1. The Hall–Kier alpha value is -3.73. The van der Waals surface area contributed by atoms with Crippen LogP contribution in [0.4, 0.5) is 23.2 Å². The van der Waals surface area contributed by atoms with Gasteiger partial charge in [-0.05, 0) is 48.5 Å². The molecule has 0 aliphatic rings. The van der Waals surface area contributed by atoms with E-state index in [1.54, 1.807) is 0 Å². The molecule has 2 heterocycles. The van der Waals surface area contributed by atoms with Crippen molar-refractivity contribution in [2.45, 2.75) is 6.18 Å². The van der Waals surface area contributed by atoms with Crippen LogP contribution in [0.1, 0.15) is 16.3 Å². The normalized spacial score (nSPS) is 11.6. The second kappa shape index (κ2) is 8.08. The van der Waals surface area contributed by atoms with Crippen molar-refractivity contribution in [1.29, 1.82) is 0 Å². The van der Waals surface area contributed by atoms with Crippen molar-refractivity contribution >= 4 is 29.0 Å². The van der Waals surface area contributed by atoms with Crippen molar-refractivity contribution in [2.75, 3.05) is 12.4 Å². The van der Waals surface area contributed by atoms with Gasteiger partial charge in [0.15, 0.2) is 5.69 Å². The van der Waals surface area contributed by atoms with Gasteiger partial charge in [0.2, 0.25) is 5.82 Å². The highest BCUT2D eigenvalue weighted by Gasteiger charge is 2.36. The Balaban J connectivity index is 1.74. The molecule has 0 bridgehead atoms. The number of ether oxygens (including phenoxy) is 1. The van der Waals surface area contributed by atoms with Gasteiger partial charge in [-0.15, -0.1) is 5.10 Å². The number of halogens is 5. The van der Waals surface area contributed by atoms with Crippen molar-refractivity contribution in [2.24, 2.45) is 0 Å². The van der Waals surface area contributed by atoms with Crippen LogP contribution in [0.15, 0.2) is 48.5 Å². The van der Waals surface area contributed by atoms with E-state index in [1.807, 2.05) is 0 Å². The van der Waals surface area contributed by atoms with Crippen LogP contribution >= 0.6 is 11.6 Å². The maximum atomic E-state index is 13.6. The highest BCUT2D eigenvalue weighted by atomic mass is 35.5. The number of hydrogen-bond acceptors (Lipinski definition) is 5. The average Bonchev–Trinajstić information content (AvgIpc) is 3.17. The van der Waals surface area contributed by atoms with Gasteiger partial charge in [0.1, 0.15) is 11.6 Å². The first kappa shape index (κ1) is 21.5. The molecule has 2 aromatic carbocycles. The number of carbonyl (C=O) groups excluding carboxylic acids is 1. The van der Waals surface area contributed by atoms with Gasteiger partial charge in [0.25, 0.3) is 11.7 Å². The number of hydrogen-bond donors (Lipinski definition) is 1. The average molecular weight is 466 g/mol.